The predicted molar refractivity (Wildman–Crippen MR) is 171 cm³/mol. The SMILES string of the molecule is C#CC.CC.CCCC(CCC)c1c2n(c3cc(C(C)=O)ccc13)CC1(C(N)=O)CC1c1cc(OC)ccc1-2.CN. The van der Waals surface area contributed by atoms with E-state index in [2.05, 4.69) is 54.7 Å². The van der Waals surface area contributed by atoms with Gasteiger partial charge in [0.2, 0.25) is 5.91 Å². The molecule has 2 aromatic carbocycles. The third-order valence-corrected chi connectivity index (χ3v) is 8.09. The monoisotopic (exact) mass is 559 g/mol. The molecule has 0 spiro atoms. The van der Waals surface area contributed by atoms with Gasteiger partial charge in [-0.3, -0.25) is 9.59 Å². The molecule has 0 saturated heterocycles. The van der Waals surface area contributed by atoms with Crippen molar-refractivity contribution in [2.24, 2.45) is 16.9 Å². The number of ketones is 1. The van der Waals surface area contributed by atoms with Crippen LogP contribution < -0.4 is 16.2 Å². The molecule has 1 amide bonds. The van der Waals surface area contributed by atoms with Gasteiger partial charge in [-0.05, 0) is 81.5 Å². The Hall–Kier alpha value is -3.56. The molecule has 0 bridgehead atoms. The number of hydrogen-bond donors (Lipinski definition) is 2. The van der Waals surface area contributed by atoms with Crippen LogP contribution in [0, 0.1) is 17.8 Å². The number of nitrogens with zero attached hydrogens (tertiary/aromatic N) is 1. The van der Waals surface area contributed by atoms with Crippen molar-refractivity contribution in [1.82, 2.24) is 4.57 Å². The van der Waals surface area contributed by atoms with Crippen LogP contribution >= 0.6 is 0 Å². The molecule has 4 N–H and O–H groups in total. The summed E-state index contributed by atoms with van der Waals surface area (Å²) in [5, 5.41) is 1.19. The summed E-state index contributed by atoms with van der Waals surface area (Å²) < 4.78 is 7.87. The van der Waals surface area contributed by atoms with Crippen molar-refractivity contribution in [2.75, 3.05) is 14.2 Å². The molecule has 1 aliphatic carbocycles. The van der Waals surface area contributed by atoms with Gasteiger partial charge in [-0.1, -0.05) is 52.7 Å². The highest BCUT2D eigenvalue weighted by atomic mass is 16.5. The average molecular weight is 560 g/mol. The van der Waals surface area contributed by atoms with Crippen LogP contribution in [-0.2, 0) is 11.3 Å². The average Bonchev–Trinajstić information content (AvgIpc) is 3.66. The van der Waals surface area contributed by atoms with Gasteiger partial charge in [-0.25, -0.2) is 0 Å². The number of carbonyl (C=O) groups excluding carboxylic acids is 2. The fourth-order valence-electron chi connectivity index (χ4n) is 6.28. The van der Waals surface area contributed by atoms with Gasteiger partial charge in [-0.2, -0.15) is 0 Å². The normalized spacial score (nSPS) is 17.4. The van der Waals surface area contributed by atoms with Gasteiger partial charge in [-0.15, -0.1) is 12.3 Å². The van der Waals surface area contributed by atoms with E-state index in [0.717, 1.165) is 48.9 Å². The highest BCUT2D eigenvalue weighted by Crippen LogP contribution is 2.65. The molecule has 1 saturated carbocycles. The van der Waals surface area contributed by atoms with Crippen molar-refractivity contribution in [3.8, 4) is 29.4 Å². The molecule has 0 radical (unpaired) electrons. The van der Waals surface area contributed by atoms with Crippen molar-refractivity contribution in [3.05, 3.63) is 53.1 Å². The minimum absolute atomic E-state index is 0.0466. The highest BCUT2D eigenvalue weighted by Gasteiger charge is 2.62. The first kappa shape index (κ1) is 33.6. The maximum atomic E-state index is 12.8. The standard InChI is InChI=1S/C29H34N2O3.C3H4.C2H6.CH5N/c1-5-7-18(8-6-2)26-22-11-9-19(17(3)32)13-25(22)31-16-29(28(30)33)15-24(29)23-14-20(34-4)10-12-21(23)27(26)31;1-3-2;2*1-2/h9-14,18,24H,5-8,15-16H2,1-4H3,(H2,30,33);1H,2H3;1-2H3;2H2,1H3. The number of methoxy groups -OCH3 is 1. The molecular formula is C35H49N3O3. The second-order valence-electron chi connectivity index (χ2n) is 10.4. The van der Waals surface area contributed by atoms with E-state index < -0.39 is 5.41 Å². The summed E-state index contributed by atoms with van der Waals surface area (Å²) in [5.41, 5.74) is 16.5. The molecule has 1 aromatic heterocycles. The lowest BCUT2D eigenvalue weighted by atomic mass is 9.85. The van der Waals surface area contributed by atoms with Crippen LogP contribution in [0.1, 0.15) is 107 Å². The predicted octanol–water partition coefficient (Wildman–Crippen LogP) is 7.42. The lowest BCUT2D eigenvalue weighted by Crippen LogP contribution is -2.30. The summed E-state index contributed by atoms with van der Waals surface area (Å²) in [6.45, 7) is 12.3. The first-order valence-electron chi connectivity index (χ1n) is 14.9. The number of amides is 1. The van der Waals surface area contributed by atoms with Gasteiger partial charge >= 0.3 is 0 Å². The topological polar surface area (TPSA) is 100 Å². The van der Waals surface area contributed by atoms with E-state index in [1.807, 2.05) is 32.0 Å². The molecular weight excluding hydrogens is 510 g/mol. The summed E-state index contributed by atoms with van der Waals surface area (Å²) in [7, 11) is 3.18. The van der Waals surface area contributed by atoms with Crippen LogP contribution in [-0.4, -0.2) is 30.4 Å². The van der Waals surface area contributed by atoms with Crippen LogP contribution in [0.2, 0.25) is 0 Å². The number of Topliss-reactive ketones (excluding diaryl/α,β-unsaturated/α-hetero) is 1. The third kappa shape index (κ3) is 6.36. The van der Waals surface area contributed by atoms with E-state index in [1.165, 1.54) is 29.3 Å². The van der Waals surface area contributed by atoms with Gasteiger partial charge in [0.15, 0.2) is 5.78 Å². The van der Waals surface area contributed by atoms with E-state index in [4.69, 9.17) is 10.5 Å². The lowest BCUT2D eigenvalue weighted by molar-refractivity contribution is -0.123. The van der Waals surface area contributed by atoms with Gasteiger partial charge in [0, 0.05) is 34.5 Å². The number of carbonyl (C=O) groups is 2. The number of fused-ring (bicyclic) bond motifs is 7. The Labute approximate surface area is 246 Å². The smallest absolute Gasteiger partial charge is 0.226 e. The molecule has 6 heteroatoms. The van der Waals surface area contributed by atoms with E-state index in [1.54, 1.807) is 21.0 Å². The van der Waals surface area contributed by atoms with E-state index in [9.17, 15) is 9.59 Å². The quantitative estimate of drug-likeness (QED) is 0.222. The number of benzene rings is 2. The Morgan fingerprint density at radius 3 is 2.24 bits per heavy atom. The van der Waals surface area contributed by atoms with Crippen molar-refractivity contribution in [3.63, 3.8) is 0 Å². The maximum Gasteiger partial charge on any atom is 0.226 e. The van der Waals surface area contributed by atoms with Crippen molar-refractivity contribution < 1.29 is 14.3 Å². The van der Waals surface area contributed by atoms with Crippen LogP contribution in [0.25, 0.3) is 22.2 Å². The first-order chi connectivity index (χ1) is 19.8. The van der Waals surface area contributed by atoms with Crippen molar-refractivity contribution >= 4 is 22.6 Å². The van der Waals surface area contributed by atoms with Gasteiger partial charge in [0.25, 0.3) is 0 Å². The fraction of sp³-hybridized carbons (Fsp3) is 0.486. The van der Waals surface area contributed by atoms with Crippen LogP contribution in [0.3, 0.4) is 0 Å². The van der Waals surface area contributed by atoms with E-state index in [0.29, 0.717) is 18.0 Å². The molecule has 3 aromatic rings. The summed E-state index contributed by atoms with van der Waals surface area (Å²) in [6, 6.07) is 12.3. The number of primary amides is 1. The zero-order chi connectivity index (χ0) is 30.9. The molecule has 2 aliphatic rings. The van der Waals surface area contributed by atoms with E-state index >= 15 is 0 Å². The summed E-state index contributed by atoms with van der Waals surface area (Å²) in [6.07, 6.45) is 9.75. The summed E-state index contributed by atoms with van der Waals surface area (Å²) in [4.78, 5) is 25.1. The number of rotatable bonds is 8. The van der Waals surface area contributed by atoms with Crippen molar-refractivity contribution in [2.45, 2.75) is 92.0 Å². The number of terminal acetylenes is 1. The molecule has 6 nitrogen and oxygen atoms in total. The Bertz CT molecular complexity index is 1390. The molecule has 2 unspecified atom stereocenters. The first-order valence-corrected chi connectivity index (χ1v) is 14.9. The number of nitrogens with two attached hydrogens (primary N) is 2. The van der Waals surface area contributed by atoms with Crippen LogP contribution in [0.5, 0.6) is 5.75 Å². The molecule has 1 aliphatic heterocycles. The molecule has 2 atom stereocenters. The number of aromatic nitrogens is 1. The molecule has 5 rings (SSSR count). The van der Waals surface area contributed by atoms with E-state index in [-0.39, 0.29) is 17.6 Å². The molecule has 2 heterocycles. The van der Waals surface area contributed by atoms with Crippen LogP contribution in [0.4, 0.5) is 0 Å². The Morgan fingerprint density at radius 2 is 1.73 bits per heavy atom. The van der Waals surface area contributed by atoms with Crippen LogP contribution in [0.15, 0.2) is 36.4 Å². The molecule has 1 fully saturated rings. The zero-order valence-corrected chi connectivity index (χ0v) is 26.3. The third-order valence-electron chi connectivity index (χ3n) is 8.09. The van der Waals surface area contributed by atoms with Gasteiger partial charge in [0.1, 0.15) is 5.75 Å². The zero-order valence-electron chi connectivity index (χ0n) is 26.3. The Balaban J connectivity index is 0.000000775. The maximum absolute atomic E-state index is 12.8. The fourth-order valence-corrected chi connectivity index (χ4v) is 6.28. The second kappa shape index (κ2) is 14.9. The lowest BCUT2D eigenvalue weighted by Gasteiger charge is -2.20. The van der Waals surface area contributed by atoms with Gasteiger partial charge < -0.3 is 20.8 Å². The highest BCUT2D eigenvalue weighted by molar-refractivity contribution is 6.01. The molecule has 41 heavy (non-hydrogen) atoms. The van der Waals surface area contributed by atoms with Crippen molar-refractivity contribution in [1.29, 1.82) is 0 Å². The van der Waals surface area contributed by atoms with Gasteiger partial charge in [0.05, 0.1) is 18.2 Å². The number of ether oxygens (including phenoxy) is 1. The minimum Gasteiger partial charge on any atom is -0.497 e. The summed E-state index contributed by atoms with van der Waals surface area (Å²) in [5.74, 6) is 3.34. The Kier molecular flexibility index (Phi) is 12.2. The second-order valence-corrected chi connectivity index (χ2v) is 10.4. The number of hydrogen-bond acceptors (Lipinski definition) is 4. The largest absolute Gasteiger partial charge is 0.497 e. The molecule has 222 valence electrons. The minimum atomic E-state index is -0.604. The Morgan fingerprint density at radius 1 is 1.12 bits per heavy atom. The summed E-state index contributed by atoms with van der Waals surface area (Å²) >= 11 is 0.